The van der Waals surface area contributed by atoms with Gasteiger partial charge >= 0.3 is 0 Å². The van der Waals surface area contributed by atoms with Gasteiger partial charge in [-0.05, 0) is 90.2 Å². The van der Waals surface area contributed by atoms with E-state index in [9.17, 15) is 4.79 Å². The highest BCUT2D eigenvalue weighted by molar-refractivity contribution is 7.10. The number of anilines is 2. The van der Waals surface area contributed by atoms with Gasteiger partial charge < -0.3 is 19.7 Å². The number of ether oxygens (including phenoxy) is 2. The van der Waals surface area contributed by atoms with Crippen LogP contribution in [-0.4, -0.2) is 50.7 Å². The molecule has 38 heavy (non-hydrogen) atoms. The van der Waals surface area contributed by atoms with E-state index in [-0.39, 0.29) is 5.91 Å². The maximum atomic E-state index is 12.6. The standard InChI is InChI=1S/C31H33N3O3S/c1-3-37-29-6-4-5-24(19-29)25-20-30(38-22-25)21-33-15-17-34(18-16-33)27-11-7-23(8-12-27)31(35)32-26-9-13-28(36-2)14-10-26/h4-14,19-20,22H,3,15-18,21H2,1-2H3,(H,32,35). The Kier molecular flexibility index (Phi) is 8.26. The molecule has 1 N–H and O–H groups in total. The van der Waals surface area contributed by atoms with E-state index in [1.807, 2.05) is 72.9 Å². The smallest absolute Gasteiger partial charge is 0.255 e. The van der Waals surface area contributed by atoms with Crippen LogP contribution in [0.5, 0.6) is 11.5 Å². The van der Waals surface area contributed by atoms with Crippen LogP contribution in [0.3, 0.4) is 0 Å². The zero-order valence-corrected chi connectivity index (χ0v) is 22.7. The van der Waals surface area contributed by atoms with Crippen molar-refractivity contribution in [1.29, 1.82) is 0 Å². The third kappa shape index (κ3) is 6.36. The van der Waals surface area contributed by atoms with Crippen molar-refractivity contribution in [2.45, 2.75) is 13.5 Å². The number of carbonyl (C=O) groups excluding carboxylic acids is 1. The van der Waals surface area contributed by atoms with Crippen molar-refractivity contribution in [1.82, 2.24) is 4.90 Å². The third-order valence-electron chi connectivity index (χ3n) is 6.73. The highest BCUT2D eigenvalue weighted by atomic mass is 32.1. The predicted octanol–water partition coefficient (Wildman–Crippen LogP) is 6.40. The maximum absolute atomic E-state index is 12.6. The van der Waals surface area contributed by atoms with Gasteiger partial charge in [-0.3, -0.25) is 9.69 Å². The van der Waals surface area contributed by atoms with E-state index in [1.165, 1.54) is 16.0 Å². The lowest BCUT2D eigenvalue weighted by atomic mass is 10.1. The molecule has 0 spiro atoms. The van der Waals surface area contributed by atoms with E-state index in [0.29, 0.717) is 12.2 Å². The normalized spacial score (nSPS) is 13.8. The highest BCUT2D eigenvalue weighted by Gasteiger charge is 2.18. The lowest BCUT2D eigenvalue weighted by Gasteiger charge is -2.36. The van der Waals surface area contributed by atoms with Crippen LogP contribution in [0.1, 0.15) is 22.2 Å². The fraction of sp³-hybridized carbons (Fsp3) is 0.258. The molecule has 0 bridgehead atoms. The largest absolute Gasteiger partial charge is 0.497 e. The summed E-state index contributed by atoms with van der Waals surface area (Å²) in [5.41, 5.74) is 4.99. The summed E-state index contributed by atoms with van der Waals surface area (Å²) in [6.07, 6.45) is 0. The number of amides is 1. The Morgan fingerprint density at radius 2 is 1.66 bits per heavy atom. The first-order valence-corrected chi connectivity index (χ1v) is 13.8. The van der Waals surface area contributed by atoms with E-state index in [4.69, 9.17) is 9.47 Å². The number of methoxy groups -OCH3 is 1. The summed E-state index contributed by atoms with van der Waals surface area (Å²) in [4.78, 5) is 18.9. The van der Waals surface area contributed by atoms with Crippen molar-refractivity contribution in [3.05, 3.63) is 94.7 Å². The molecule has 0 radical (unpaired) electrons. The first-order chi connectivity index (χ1) is 18.6. The van der Waals surface area contributed by atoms with Crippen LogP contribution in [0.2, 0.25) is 0 Å². The fourth-order valence-corrected chi connectivity index (χ4v) is 5.57. The molecule has 0 atom stereocenters. The minimum atomic E-state index is -0.119. The van der Waals surface area contributed by atoms with Gasteiger partial charge in [-0.25, -0.2) is 0 Å². The molecule has 2 heterocycles. The van der Waals surface area contributed by atoms with E-state index >= 15 is 0 Å². The van der Waals surface area contributed by atoms with Crippen LogP contribution >= 0.6 is 11.3 Å². The summed E-state index contributed by atoms with van der Waals surface area (Å²) >= 11 is 1.82. The van der Waals surface area contributed by atoms with E-state index in [2.05, 4.69) is 44.8 Å². The van der Waals surface area contributed by atoms with E-state index in [0.717, 1.165) is 55.6 Å². The zero-order chi connectivity index (χ0) is 26.3. The Bertz CT molecular complexity index is 1340. The fourth-order valence-electron chi connectivity index (χ4n) is 4.63. The summed E-state index contributed by atoms with van der Waals surface area (Å²) < 4.78 is 10.8. The number of carbonyl (C=O) groups is 1. The molecule has 3 aromatic carbocycles. The van der Waals surface area contributed by atoms with Gasteiger partial charge in [0.25, 0.3) is 5.91 Å². The molecular formula is C31H33N3O3S. The summed E-state index contributed by atoms with van der Waals surface area (Å²) in [5.74, 6) is 1.56. The molecule has 196 valence electrons. The van der Waals surface area contributed by atoms with Gasteiger partial charge in [-0.1, -0.05) is 12.1 Å². The Morgan fingerprint density at radius 3 is 2.37 bits per heavy atom. The molecular weight excluding hydrogens is 494 g/mol. The second-order valence-corrected chi connectivity index (χ2v) is 10.3. The van der Waals surface area contributed by atoms with Gasteiger partial charge in [0.1, 0.15) is 11.5 Å². The highest BCUT2D eigenvalue weighted by Crippen LogP contribution is 2.29. The number of hydrogen-bond acceptors (Lipinski definition) is 6. The minimum Gasteiger partial charge on any atom is -0.497 e. The molecule has 7 heteroatoms. The maximum Gasteiger partial charge on any atom is 0.255 e. The number of nitrogens with zero attached hydrogens (tertiary/aromatic N) is 2. The van der Waals surface area contributed by atoms with Crippen molar-refractivity contribution in [2.24, 2.45) is 0 Å². The Balaban J connectivity index is 1.12. The van der Waals surface area contributed by atoms with Crippen molar-refractivity contribution in [2.75, 3.05) is 50.1 Å². The summed E-state index contributed by atoms with van der Waals surface area (Å²) in [7, 11) is 1.62. The van der Waals surface area contributed by atoms with Crippen LogP contribution in [0.15, 0.2) is 84.2 Å². The Hall–Kier alpha value is -3.81. The molecule has 4 aromatic rings. The van der Waals surface area contributed by atoms with Gasteiger partial charge in [-0.2, -0.15) is 0 Å². The van der Waals surface area contributed by atoms with Gasteiger partial charge in [0, 0.05) is 54.5 Å². The van der Waals surface area contributed by atoms with Crippen molar-refractivity contribution in [3.8, 4) is 22.6 Å². The topological polar surface area (TPSA) is 54.0 Å². The number of hydrogen-bond donors (Lipinski definition) is 1. The van der Waals surface area contributed by atoms with Gasteiger partial charge in [0.05, 0.1) is 13.7 Å². The monoisotopic (exact) mass is 527 g/mol. The quantitative estimate of drug-likeness (QED) is 0.273. The van der Waals surface area contributed by atoms with Crippen molar-refractivity contribution >= 4 is 28.6 Å². The molecule has 0 unspecified atom stereocenters. The van der Waals surface area contributed by atoms with Crippen LogP contribution in [0.4, 0.5) is 11.4 Å². The zero-order valence-electron chi connectivity index (χ0n) is 21.9. The molecule has 1 amide bonds. The molecule has 0 saturated carbocycles. The third-order valence-corrected chi connectivity index (χ3v) is 7.65. The average molecular weight is 528 g/mol. The molecule has 6 nitrogen and oxygen atoms in total. The lowest BCUT2D eigenvalue weighted by molar-refractivity contribution is 0.102. The predicted molar refractivity (Wildman–Crippen MR) is 156 cm³/mol. The van der Waals surface area contributed by atoms with Gasteiger partial charge in [0.15, 0.2) is 0 Å². The number of thiophene rings is 1. The van der Waals surface area contributed by atoms with E-state index < -0.39 is 0 Å². The average Bonchev–Trinajstić information content (AvgIpc) is 3.43. The molecule has 0 aliphatic carbocycles. The molecule has 5 rings (SSSR count). The molecule has 1 aromatic heterocycles. The van der Waals surface area contributed by atoms with Gasteiger partial charge in [0.2, 0.25) is 0 Å². The second kappa shape index (κ2) is 12.2. The molecule has 1 saturated heterocycles. The summed E-state index contributed by atoms with van der Waals surface area (Å²) in [6.45, 7) is 7.59. The molecule has 1 fully saturated rings. The summed E-state index contributed by atoms with van der Waals surface area (Å²) in [6, 6.07) is 25.8. The Morgan fingerprint density at radius 1 is 0.895 bits per heavy atom. The van der Waals surface area contributed by atoms with Crippen LogP contribution in [0.25, 0.3) is 11.1 Å². The first kappa shape index (κ1) is 25.8. The number of rotatable bonds is 9. The van der Waals surface area contributed by atoms with Gasteiger partial charge in [-0.15, -0.1) is 11.3 Å². The number of benzene rings is 3. The molecule has 1 aliphatic rings. The van der Waals surface area contributed by atoms with Crippen molar-refractivity contribution in [3.63, 3.8) is 0 Å². The first-order valence-electron chi connectivity index (χ1n) is 12.9. The molecule has 1 aliphatic heterocycles. The van der Waals surface area contributed by atoms with Crippen LogP contribution in [0, 0.1) is 0 Å². The van der Waals surface area contributed by atoms with Crippen LogP contribution in [-0.2, 0) is 6.54 Å². The minimum absolute atomic E-state index is 0.119. The SMILES string of the molecule is CCOc1cccc(-c2csc(CN3CCN(c4ccc(C(=O)Nc5ccc(OC)cc5)cc4)CC3)c2)c1. The second-order valence-electron chi connectivity index (χ2n) is 9.26. The lowest BCUT2D eigenvalue weighted by Crippen LogP contribution is -2.45. The Labute approximate surface area is 228 Å². The van der Waals surface area contributed by atoms with E-state index in [1.54, 1.807) is 7.11 Å². The van der Waals surface area contributed by atoms with Crippen molar-refractivity contribution < 1.29 is 14.3 Å². The van der Waals surface area contributed by atoms with Crippen LogP contribution < -0.4 is 19.7 Å². The number of nitrogens with one attached hydrogen (secondary N) is 1. The number of piperazine rings is 1. The summed E-state index contributed by atoms with van der Waals surface area (Å²) in [5, 5.41) is 5.18.